The molecule has 8 nitrogen and oxygen atoms in total. The Morgan fingerprint density at radius 1 is 1.13 bits per heavy atom. The molecule has 1 aromatic heterocycles. The summed E-state index contributed by atoms with van der Waals surface area (Å²) in [6.07, 6.45) is 0.365. The molecule has 1 fully saturated rings. The van der Waals surface area contributed by atoms with Gasteiger partial charge in [0.2, 0.25) is 11.0 Å². The number of benzene rings is 2. The SMILES string of the molecule is COc1cc(OC)cc(C(=O)Nc2nnc(C3CC(=O)N(c4cccc(C)c4)C3)s2)c1. The number of nitrogens with one attached hydrogen (secondary N) is 1. The van der Waals surface area contributed by atoms with Crippen LogP contribution in [0.15, 0.2) is 42.5 Å². The van der Waals surface area contributed by atoms with E-state index in [9.17, 15) is 9.59 Å². The summed E-state index contributed by atoms with van der Waals surface area (Å²) < 4.78 is 10.4. The summed E-state index contributed by atoms with van der Waals surface area (Å²) in [5.41, 5.74) is 2.37. The number of nitrogens with zero attached hydrogens (tertiary/aromatic N) is 3. The van der Waals surface area contributed by atoms with Crippen molar-refractivity contribution in [3.8, 4) is 11.5 Å². The number of methoxy groups -OCH3 is 2. The van der Waals surface area contributed by atoms with Crippen molar-refractivity contribution in [2.75, 3.05) is 31.0 Å². The van der Waals surface area contributed by atoms with Gasteiger partial charge in [0.25, 0.3) is 5.91 Å². The minimum Gasteiger partial charge on any atom is -0.497 e. The van der Waals surface area contributed by atoms with Gasteiger partial charge in [0.1, 0.15) is 16.5 Å². The Kier molecular flexibility index (Phi) is 5.85. The Morgan fingerprint density at radius 2 is 1.87 bits per heavy atom. The second-order valence-corrected chi connectivity index (χ2v) is 8.25. The first-order chi connectivity index (χ1) is 15.0. The Hall–Kier alpha value is -3.46. The lowest BCUT2D eigenvalue weighted by Gasteiger charge is -2.16. The minimum absolute atomic E-state index is 0.0554. The van der Waals surface area contributed by atoms with Crippen LogP contribution in [0.2, 0.25) is 0 Å². The van der Waals surface area contributed by atoms with E-state index in [1.54, 1.807) is 23.1 Å². The number of aryl methyl sites for hydroxylation is 1. The Morgan fingerprint density at radius 3 is 2.55 bits per heavy atom. The number of hydrogen-bond donors (Lipinski definition) is 1. The van der Waals surface area contributed by atoms with Crippen LogP contribution in [0, 0.1) is 6.92 Å². The maximum absolute atomic E-state index is 12.7. The number of carbonyl (C=O) groups is 2. The summed E-state index contributed by atoms with van der Waals surface area (Å²) in [5.74, 6) is 0.683. The molecule has 1 saturated heterocycles. The summed E-state index contributed by atoms with van der Waals surface area (Å²) in [4.78, 5) is 27.0. The fourth-order valence-electron chi connectivity index (χ4n) is 3.48. The third kappa shape index (κ3) is 4.51. The zero-order valence-electron chi connectivity index (χ0n) is 17.4. The standard InChI is InChI=1S/C22H22N4O4S/c1-13-5-4-6-16(7-13)26-12-15(10-19(26)27)21-24-25-22(31-21)23-20(28)14-8-17(29-2)11-18(9-14)30-3/h4-9,11,15H,10,12H2,1-3H3,(H,23,25,28). The van der Waals surface area contributed by atoms with Crippen molar-refractivity contribution in [3.05, 3.63) is 58.6 Å². The van der Waals surface area contributed by atoms with Crippen molar-refractivity contribution < 1.29 is 19.1 Å². The highest BCUT2D eigenvalue weighted by Gasteiger charge is 2.34. The third-order valence-electron chi connectivity index (χ3n) is 5.06. The van der Waals surface area contributed by atoms with E-state index in [4.69, 9.17) is 9.47 Å². The van der Waals surface area contributed by atoms with Crippen LogP contribution >= 0.6 is 11.3 Å². The lowest BCUT2D eigenvalue weighted by molar-refractivity contribution is -0.117. The molecule has 2 amide bonds. The largest absolute Gasteiger partial charge is 0.497 e. The van der Waals surface area contributed by atoms with Crippen LogP contribution < -0.4 is 19.7 Å². The predicted molar refractivity (Wildman–Crippen MR) is 118 cm³/mol. The van der Waals surface area contributed by atoms with Gasteiger partial charge in [0.15, 0.2) is 0 Å². The molecule has 2 heterocycles. The Bertz CT molecular complexity index is 1110. The lowest BCUT2D eigenvalue weighted by atomic mass is 10.1. The summed E-state index contributed by atoms with van der Waals surface area (Å²) in [7, 11) is 3.05. The number of ether oxygens (including phenoxy) is 2. The number of aromatic nitrogens is 2. The highest BCUT2D eigenvalue weighted by molar-refractivity contribution is 7.15. The lowest BCUT2D eigenvalue weighted by Crippen LogP contribution is -2.24. The van der Waals surface area contributed by atoms with E-state index in [1.807, 2.05) is 31.2 Å². The van der Waals surface area contributed by atoms with Crippen molar-refractivity contribution >= 4 is 34.0 Å². The highest BCUT2D eigenvalue weighted by Crippen LogP contribution is 2.34. The predicted octanol–water partition coefficient (Wildman–Crippen LogP) is 3.64. The van der Waals surface area contributed by atoms with Crippen molar-refractivity contribution in [1.29, 1.82) is 0 Å². The van der Waals surface area contributed by atoms with E-state index in [-0.39, 0.29) is 17.7 Å². The van der Waals surface area contributed by atoms with E-state index in [2.05, 4.69) is 15.5 Å². The van der Waals surface area contributed by atoms with Gasteiger partial charge in [-0.2, -0.15) is 0 Å². The average molecular weight is 439 g/mol. The zero-order valence-corrected chi connectivity index (χ0v) is 18.2. The normalized spacial score (nSPS) is 15.8. The van der Waals surface area contributed by atoms with Crippen LogP contribution in [-0.4, -0.2) is 42.8 Å². The van der Waals surface area contributed by atoms with Crippen LogP contribution in [0.1, 0.15) is 33.3 Å². The number of carbonyl (C=O) groups excluding carboxylic acids is 2. The summed E-state index contributed by atoms with van der Waals surface area (Å²) in [6.45, 7) is 2.54. The first kappa shape index (κ1) is 20.8. The molecule has 0 radical (unpaired) electrons. The molecule has 160 valence electrons. The van der Waals surface area contributed by atoms with Gasteiger partial charge < -0.3 is 14.4 Å². The molecule has 4 rings (SSSR count). The molecular weight excluding hydrogens is 416 g/mol. The van der Waals surface area contributed by atoms with E-state index in [0.29, 0.717) is 35.2 Å². The smallest absolute Gasteiger partial charge is 0.257 e. The summed E-state index contributed by atoms with van der Waals surface area (Å²) in [5, 5.41) is 12.2. The minimum atomic E-state index is -0.344. The molecule has 31 heavy (non-hydrogen) atoms. The average Bonchev–Trinajstić information content (AvgIpc) is 3.39. The second kappa shape index (κ2) is 8.73. The molecule has 1 atom stereocenters. The zero-order chi connectivity index (χ0) is 22.0. The molecule has 3 aromatic rings. The van der Waals surface area contributed by atoms with Gasteiger partial charge in [0.05, 0.1) is 14.2 Å². The maximum atomic E-state index is 12.7. The molecule has 2 aromatic carbocycles. The van der Waals surface area contributed by atoms with Crippen LogP contribution in [0.25, 0.3) is 0 Å². The van der Waals surface area contributed by atoms with Gasteiger partial charge in [0, 0.05) is 36.2 Å². The fourth-order valence-corrected chi connectivity index (χ4v) is 4.31. The van der Waals surface area contributed by atoms with E-state index in [0.717, 1.165) is 16.3 Å². The van der Waals surface area contributed by atoms with Crippen LogP contribution in [0.4, 0.5) is 10.8 Å². The molecular formula is C22H22N4O4S. The summed E-state index contributed by atoms with van der Waals surface area (Å²) >= 11 is 1.28. The molecule has 0 saturated carbocycles. The van der Waals surface area contributed by atoms with Crippen LogP contribution in [0.5, 0.6) is 11.5 Å². The molecule has 0 bridgehead atoms. The Balaban J connectivity index is 1.46. The van der Waals surface area contributed by atoms with Gasteiger partial charge in [-0.3, -0.25) is 14.9 Å². The topological polar surface area (TPSA) is 93.6 Å². The van der Waals surface area contributed by atoms with Crippen molar-refractivity contribution in [1.82, 2.24) is 10.2 Å². The number of amides is 2. The first-order valence-corrected chi connectivity index (χ1v) is 10.5. The van der Waals surface area contributed by atoms with E-state index >= 15 is 0 Å². The van der Waals surface area contributed by atoms with Gasteiger partial charge in [-0.1, -0.05) is 23.5 Å². The molecule has 9 heteroatoms. The van der Waals surface area contributed by atoms with Crippen LogP contribution in [-0.2, 0) is 4.79 Å². The van der Waals surface area contributed by atoms with E-state index in [1.165, 1.54) is 25.6 Å². The third-order valence-corrected chi connectivity index (χ3v) is 6.06. The van der Waals surface area contributed by atoms with Crippen molar-refractivity contribution in [2.45, 2.75) is 19.3 Å². The molecule has 1 aliphatic rings. The van der Waals surface area contributed by atoms with Gasteiger partial charge in [-0.05, 0) is 36.8 Å². The first-order valence-electron chi connectivity index (χ1n) is 9.71. The van der Waals surface area contributed by atoms with Gasteiger partial charge in [-0.15, -0.1) is 10.2 Å². The molecule has 1 N–H and O–H groups in total. The molecule has 1 aliphatic heterocycles. The monoisotopic (exact) mass is 438 g/mol. The molecule has 0 spiro atoms. The fraction of sp³-hybridized carbons (Fsp3) is 0.273. The van der Waals surface area contributed by atoms with E-state index < -0.39 is 0 Å². The second-order valence-electron chi connectivity index (χ2n) is 7.25. The number of hydrogen-bond acceptors (Lipinski definition) is 7. The quantitative estimate of drug-likeness (QED) is 0.632. The highest BCUT2D eigenvalue weighted by atomic mass is 32.1. The number of rotatable bonds is 6. The van der Waals surface area contributed by atoms with Crippen molar-refractivity contribution in [2.24, 2.45) is 0 Å². The van der Waals surface area contributed by atoms with Crippen LogP contribution in [0.3, 0.4) is 0 Å². The van der Waals surface area contributed by atoms with Gasteiger partial charge >= 0.3 is 0 Å². The summed E-state index contributed by atoms with van der Waals surface area (Å²) in [6, 6.07) is 12.8. The number of anilines is 2. The molecule has 0 aliphatic carbocycles. The van der Waals surface area contributed by atoms with Gasteiger partial charge in [-0.25, -0.2) is 0 Å². The Labute approximate surface area is 183 Å². The molecule has 1 unspecified atom stereocenters. The maximum Gasteiger partial charge on any atom is 0.257 e. The van der Waals surface area contributed by atoms with Crippen molar-refractivity contribution in [3.63, 3.8) is 0 Å².